The summed E-state index contributed by atoms with van der Waals surface area (Å²) in [6.07, 6.45) is 0.635. The third-order valence-electron chi connectivity index (χ3n) is 3.26. The highest BCUT2D eigenvalue weighted by molar-refractivity contribution is 5.89. The molecule has 1 fully saturated rings. The van der Waals surface area contributed by atoms with Gasteiger partial charge in [0.15, 0.2) is 0 Å². The standard InChI is InChI=1S/C14H18N2O3/c1-10-4-2-5-11(8-10)16-7-3-6-15-14(19)12(16)9-13(17)18/h2,4-5,8,12H,3,6-7,9H2,1H3,(H,15,19)(H,17,18). The zero-order chi connectivity index (χ0) is 13.8. The largest absolute Gasteiger partial charge is 0.481 e. The van der Waals surface area contributed by atoms with Crippen molar-refractivity contribution in [1.82, 2.24) is 5.32 Å². The summed E-state index contributed by atoms with van der Waals surface area (Å²) < 4.78 is 0. The van der Waals surface area contributed by atoms with Crippen LogP contribution < -0.4 is 10.2 Å². The first-order chi connectivity index (χ1) is 9.08. The van der Waals surface area contributed by atoms with Gasteiger partial charge in [-0.2, -0.15) is 0 Å². The molecule has 1 aliphatic rings. The van der Waals surface area contributed by atoms with Gasteiger partial charge in [0.2, 0.25) is 5.91 Å². The molecule has 1 unspecified atom stereocenters. The maximum Gasteiger partial charge on any atom is 0.305 e. The van der Waals surface area contributed by atoms with E-state index in [2.05, 4.69) is 5.32 Å². The lowest BCUT2D eigenvalue weighted by molar-refractivity contribution is -0.139. The first kappa shape index (κ1) is 13.4. The second kappa shape index (κ2) is 5.73. The van der Waals surface area contributed by atoms with Crippen molar-refractivity contribution >= 4 is 17.6 Å². The lowest BCUT2D eigenvalue weighted by Gasteiger charge is -2.29. The van der Waals surface area contributed by atoms with E-state index < -0.39 is 12.0 Å². The summed E-state index contributed by atoms with van der Waals surface area (Å²) in [7, 11) is 0. The van der Waals surface area contributed by atoms with E-state index in [1.54, 1.807) is 0 Å². The topological polar surface area (TPSA) is 69.6 Å². The number of carboxylic acids is 1. The molecule has 0 aromatic heterocycles. The molecule has 102 valence electrons. The minimum absolute atomic E-state index is 0.181. The van der Waals surface area contributed by atoms with E-state index in [9.17, 15) is 9.59 Å². The lowest BCUT2D eigenvalue weighted by Crippen LogP contribution is -2.45. The van der Waals surface area contributed by atoms with Gasteiger partial charge in [-0.3, -0.25) is 9.59 Å². The highest BCUT2D eigenvalue weighted by Crippen LogP contribution is 2.22. The summed E-state index contributed by atoms with van der Waals surface area (Å²) in [6.45, 7) is 3.25. The first-order valence-electron chi connectivity index (χ1n) is 6.41. The second-order valence-electron chi connectivity index (χ2n) is 4.79. The average Bonchev–Trinajstić information content (AvgIpc) is 2.52. The monoisotopic (exact) mass is 262 g/mol. The van der Waals surface area contributed by atoms with Crippen LogP contribution in [0.4, 0.5) is 5.69 Å². The summed E-state index contributed by atoms with van der Waals surface area (Å²) in [6, 6.07) is 7.16. The van der Waals surface area contributed by atoms with Crippen molar-refractivity contribution in [2.45, 2.75) is 25.8 Å². The number of carbonyl (C=O) groups excluding carboxylic acids is 1. The number of carboxylic acid groups (broad SMARTS) is 1. The van der Waals surface area contributed by atoms with E-state index in [0.29, 0.717) is 13.1 Å². The number of anilines is 1. The van der Waals surface area contributed by atoms with Crippen molar-refractivity contribution in [2.24, 2.45) is 0 Å². The van der Waals surface area contributed by atoms with Gasteiger partial charge in [0.1, 0.15) is 6.04 Å². The fourth-order valence-corrected chi connectivity index (χ4v) is 2.36. The number of hydrogen-bond donors (Lipinski definition) is 2. The average molecular weight is 262 g/mol. The van der Waals surface area contributed by atoms with Crippen molar-refractivity contribution in [2.75, 3.05) is 18.0 Å². The zero-order valence-corrected chi connectivity index (χ0v) is 10.9. The Kier molecular flexibility index (Phi) is 4.04. The van der Waals surface area contributed by atoms with Crippen LogP contribution in [0.5, 0.6) is 0 Å². The molecule has 0 radical (unpaired) electrons. The van der Waals surface area contributed by atoms with E-state index >= 15 is 0 Å². The summed E-state index contributed by atoms with van der Waals surface area (Å²) >= 11 is 0. The van der Waals surface area contributed by atoms with Gasteiger partial charge in [0.05, 0.1) is 6.42 Å². The minimum Gasteiger partial charge on any atom is -0.481 e. The van der Waals surface area contributed by atoms with Gasteiger partial charge in [-0.1, -0.05) is 12.1 Å². The SMILES string of the molecule is Cc1cccc(N2CCCNC(=O)C2CC(=O)O)c1. The summed E-state index contributed by atoms with van der Waals surface area (Å²) in [4.78, 5) is 24.9. The zero-order valence-electron chi connectivity index (χ0n) is 10.9. The highest BCUT2D eigenvalue weighted by atomic mass is 16.4. The quantitative estimate of drug-likeness (QED) is 0.857. The molecule has 5 heteroatoms. The Hall–Kier alpha value is -2.04. The molecule has 1 amide bonds. The van der Waals surface area contributed by atoms with Crippen molar-refractivity contribution in [3.05, 3.63) is 29.8 Å². The van der Waals surface area contributed by atoms with Crippen molar-refractivity contribution < 1.29 is 14.7 Å². The second-order valence-corrected chi connectivity index (χ2v) is 4.79. The van der Waals surface area contributed by atoms with Crippen LogP contribution in [0.2, 0.25) is 0 Å². The number of aryl methyl sites for hydroxylation is 1. The number of aliphatic carboxylic acids is 1. The molecule has 1 aromatic rings. The highest BCUT2D eigenvalue weighted by Gasteiger charge is 2.30. The Morgan fingerprint density at radius 2 is 2.32 bits per heavy atom. The summed E-state index contributed by atoms with van der Waals surface area (Å²) in [5.74, 6) is -1.17. The minimum atomic E-state index is -0.959. The maximum absolute atomic E-state index is 12.0. The molecule has 5 nitrogen and oxygen atoms in total. The molecule has 1 atom stereocenters. The van der Waals surface area contributed by atoms with Gasteiger partial charge >= 0.3 is 5.97 Å². The number of amides is 1. The van der Waals surface area contributed by atoms with Gasteiger partial charge in [-0.15, -0.1) is 0 Å². The molecule has 0 aliphatic carbocycles. The Labute approximate surface area is 112 Å². The molecule has 1 heterocycles. The van der Waals surface area contributed by atoms with E-state index in [1.807, 2.05) is 36.1 Å². The molecule has 1 aliphatic heterocycles. The third kappa shape index (κ3) is 3.24. The molecule has 1 aromatic carbocycles. The molecule has 0 bridgehead atoms. The smallest absolute Gasteiger partial charge is 0.305 e. The number of hydrogen-bond acceptors (Lipinski definition) is 3. The summed E-state index contributed by atoms with van der Waals surface area (Å²) in [5.41, 5.74) is 2.00. The van der Waals surface area contributed by atoms with Crippen LogP contribution in [0, 0.1) is 6.92 Å². The van der Waals surface area contributed by atoms with Crippen LogP contribution in [0.15, 0.2) is 24.3 Å². The van der Waals surface area contributed by atoms with Crippen LogP contribution in [-0.4, -0.2) is 36.1 Å². The molecule has 0 spiro atoms. The number of nitrogens with one attached hydrogen (secondary N) is 1. The molecule has 1 saturated heterocycles. The molecule has 0 saturated carbocycles. The van der Waals surface area contributed by atoms with E-state index in [4.69, 9.17) is 5.11 Å². The van der Waals surface area contributed by atoms with E-state index in [1.165, 1.54) is 0 Å². The van der Waals surface area contributed by atoms with Gasteiger partial charge < -0.3 is 15.3 Å². The van der Waals surface area contributed by atoms with E-state index in [0.717, 1.165) is 17.7 Å². The van der Waals surface area contributed by atoms with E-state index in [-0.39, 0.29) is 12.3 Å². The molecular formula is C14H18N2O3. The van der Waals surface area contributed by atoms with Crippen LogP contribution in [0.25, 0.3) is 0 Å². The van der Waals surface area contributed by atoms with Crippen molar-refractivity contribution in [1.29, 1.82) is 0 Å². The first-order valence-corrected chi connectivity index (χ1v) is 6.41. The van der Waals surface area contributed by atoms with Gasteiger partial charge in [-0.25, -0.2) is 0 Å². The summed E-state index contributed by atoms with van der Waals surface area (Å²) in [5, 5.41) is 11.8. The van der Waals surface area contributed by atoms with Crippen molar-refractivity contribution in [3.8, 4) is 0 Å². The van der Waals surface area contributed by atoms with Gasteiger partial charge in [0.25, 0.3) is 0 Å². The third-order valence-corrected chi connectivity index (χ3v) is 3.26. The van der Waals surface area contributed by atoms with Crippen LogP contribution in [0.1, 0.15) is 18.4 Å². The van der Waals surface area contributed by atoms with Crippen LogP contribution in [0.3, 0.4) is 0 Å². The van der Waals surface area contributed by atoms with Gasteiger partial charge in [-0.05, 0) is 31.0 Å². The molecule has 2 N–H and O–H groups in total. The molecule has 19 heavy (non-hydrogen) atoms. The number of nitrogens with zero attached hydrogens (tertiary/aromatic N) is 1. The molecule has 2 rings (SSSR count). The van der Waals surface area contributed by atoms with Crippen molar-refractivity contribution in [3.63, 3.8) is 0 Å². The predicted octanol–water partition coefficient (Wildman–Crippen LogP) is 1.16. The normalized spacial score (nSPS) is 19.7. The van der Waals surface area contributed by atoms with Gasteiger partial charge in [0, 0.05) is 18.8 Å². The number of benzene rings is 1. The maximum atomic E-state index is 12.0. The lowest BCUT2D eigenvalue weighted by atomic mass is 10.1. The Bertz CT molecular complexity index is 487. The predicted molar refractivity (Wildman–Crippen MR) is 72.2 cm³/mol. The Morgan fingerprint density at radius 1 is 1.53 bits per heavy atom. The fraction of sp³-hybridized carbons (Fsp3) is 0.429. The van der Waals surface area contributed by atoms with Crippen LogP contribution in [-0.2, 0) is 9.59 Å². The Balaban J connectivity index is 2.31. The number of carbonyl (C=O) groups is 2. The molecular weight excluding hydrogens is 244 g/mol. The number of rotatable bonds is 3. The fourth-order valence-electron chi connectivity index (χ4n) is 2.36. The Morgan fingerprint density at radius 3 is 3.00 bits per heavy atom. The van der Waals surface area contributed by atoms with Crippen LogP contribution >= 0.6 is 0 Å².